The van der Waals surface area contributed by atoms with Gasteiger partial charge in [0.15, 0.2) is 0 Å². The smallest absolute Gasteiger partial charge is 0.119 e. The second kappa shape index (κ2) is 4.69. The molecular formula is C15H23NO. The Balaban J connectivity index is 2.11. The highest BCUT2D eigenvalue weighted by Gasteiger charge is 2.37. The maximum atomic E-state index is 6.13. The van der Waals surface area contributed by atoms with Crippen molar-refractivity contribution in [1.82, 2.24) is 0 Å². The molecule has 2 nitrogen and oxygen atoms in total. The van der Waals surface area contributed by atoms with Gasteiger partial charge in [0.05, 0.1) is 7.11 Å². The quantitative estimate of drug-likeness (QED) is 0.847. The summed E-state index contributed by atoms with van der Waals surface area (Å²) in [7, 11) is 1.73. The van der Waals surface area contributed by atoms with Crippen LogP contribution in [-0.4, -0.2) is 12.6 Å². The molecule has 2 rings (SSSR count). The lowest BCUT2D eigenvalue weighted by molar-refractivity contribution is 0.413. The largest absolute Gasteiger partial charge is 0.497 e. The van der Waals surface area contributed by atoms with Gasteiger partial charge in [-0.05, 0) is 54.9 Å². The van der Waals surface area contributed by atoms with Crippen LogP contribution in [0.25, 0.3) is 0 Å². The number of hydrogen-bond acceptors (Lipinski definition) is 2. The molecule has 0 radical (unpaired) electrons. The van der Waals surface area contributed by atoms with E-state index in [-0.39, 0.29) is 5.54 Å². The number of methoxy groups -OCH3 is 1. The Morgan fingerprint density at radius 1 is 1.29 bits per heavy atom. The Morgan fingerprint density at radius 3 is 2.53 bits per heavy atom. The van der Waals surface area contributed by atoms with E-state index in [2.05, 4.69) is 32.0 Å². The summed E-state index contributed by atoms with van der Waals surface area (Å²) in [5, 5.41) is 0. The summed E-state index contributed by atoms with van der Waals surface area (Å²) in [6.07, 6.45) is 4.53. The second-order valence-corrected chi connectivity index (χ2v) is 5.63. The molecule has 0 unspecified atom stereocenters. The molecule has 0 amide bonds. The normalized spacial score (nSPS) is 17.2. The lowest BCUT2D eigenvalue weighted by Crippen LogP contribution is -2.22. The van der Waals surface area contributed by atoms with Gasteiger partial charge in [0.25, 0.3) is 0 Å². The average molecular weight is 233 g/mol. The Bertz CT molecular complexity index is 394. The molecule has 17 heavy (non-hydrogen) atoms. The molecule has 0 atom stereocenters. The van der Waals surface area contributed by atoms with Crippen molar-refractivity contribution in [2.75, 3.05) is 7.11 Å². The molecule has 2 heteroatoms. The van der Waals surface area contributed by atoms with Gasteiger partial charge < -0.3 is 10.5 Å². The van der Waals surface area contributed by atoms with Crippen LogP contribution in [-0.2, 0) is 6.42 Å². The molecule has 1 fully saturated rings. The Hall–Kier alpha value is -1.02. The lowest BCUT2D eigenvalue weighted by Gasteiger charge is -2.13. The summed E-state index contributed by atoms with van der Waals surface area (Å²) >= 11 is 0. The number of nitrogens with two attached hydrogens (primary N) is 1. The van der Waals surface area contributed by atoms with E-state index in [1.165, 1.54) is 24.0 Å². The first-order valence-electron chi connectivity index (χ1n) is 6.49. The average Bonchev–Trinajstić information content (AvgIpc) is 3.05. The summed E-state index contributed by atoms with van der Waals surface area (Å²) in [4.78, 5) is 0. The predicted octanol–water partition coefficient (Wildman–Crippen LogP) is 3.24. The zero-order valence-corrected chi connectivity index (χ0v) is 11.1. The van der Waals surface area contributed by atoms with Gasteiger partial charge in [-0.15, -0.1) is 0 Å². The minimum atomic E-state index is 0.140. The third kappa shape index (κ3) is 3.22. The molecule has 1 saturated carbocycles. The molecule has 1 aromatic rings. The highest BCUT2D eigenvalue weighted by atomic mass is 16.5. The van der Waals surface area contributed by atoms with E-state index in [1.54, 1.807) is 7.11 Å². The standard InChI is InChI=1S/C15H23NO/c1-11(2)13-8-12(9-14(10-13)17-3)4-5-15(16)6-7-15/h8-11H,4-7,16H2,1-3H3. The van der Waals surface area contributed by atoms with Gasteiger partial charge in [-0.1, -0.05) is 19.9 Å². The first-order valence-corrected chi connectivity index (χ1v) is 6.49. The third-order valence-corrected chi connectivity index (χ3v) is 3.69. The Labute approximate surface area is 104 Å². The molecular weight excluding hydrogens is 210 g/mol. The molecule has 2 N–H and O–H groups in total. The van der Waals surface area contributed by atoms with Crippen LogP contribution < -0.4 is 10.5 Å². The van der Waals surface area contributed by atoms with Crippen molar-refractivity contribution in [2.24, 2.45) is 5.73 Å². The van der Waals surface area contributed by atoms with Crippen molar-refractivity contribution in [3.05, 3.63) is 29.3 Å². The SMILES string of the molecule is COc1cc(CCC2(N)CC2)cc(C(C)C)c1. The molecule has 94 valence electrons. The minimum Gasteiger partial charge on any atom is -0.497 e. The van der Waals surface area contributed by atoms with Gasteiger partial charge in [-0.25, -0.2) is 0 Å². The maximum Gasteiger partial charge on any atom is 0.119 e. The number of aryl methyl sites for hydroxylation is 1. The van der Waals surface area contributed by atoms with E-state index < -0.39 is 0 Å². The third-order valence-electron chi connectivity index (χ3n) is 3.69. The van der Waals surface area contributed by atoms with Crippen molar-refractivity contribution in [3.63, 3.8) is 0 Å². The van der Waals surface area contributed by atoms with Crippen LogP contribution in [0.5, 0.6) is 5.75 Å². The van der Waals surface area contributed by atoms with Gasteiger partial charge in [-0.2, -0.15) is 0 Å². The molecule has 1 aliphatic carbocycles. The van der Waals surface area contributed by atoms with Gasteiger partial charge >= 0.3 is 0 Å². The van der Waals surface area contributed by atoms with Crippen molar-refractivity contribution in [1.29, 1.82) is 0 Å². The first-order chi connectivity index (χ1) is 8.02. The Kier molecular flexibility index (Phi) is 3.43. The molecule has 0 spiro atoms. The zero-order valence-electron chi connectivity index (χ0n) is 11.1. The van der Waals surface area contributed by atoms with Crippen molar-refractivity contribution in [3.8, 4) is 5.75 Å². The van der Waals surface area contributed by atoms with Crippen LogP contribution in [0, 0.1) is 0 Å². The van der Waals surface area contributed by atoms with E-state index >= 15 is 0 Å². The van der Waals surface area contributed by atoms with E-state index in [4.69, 9.17) is 10.5 Å². The van der Waals surface area contributed by atoms with Crippen molar-refractivity contribution in [2.45, 2.75) is 51.0 Å². The second-order valence-electron chi connectivity index (χ2n) is 5.63. The predicted molar refractivity (Wildman–Crippen MR) is 71.6 cm³/mol. The van der Waals surface area contributed by atoms with Gasteiger partial charge in [-0.3, -0.25) is 0 Å². The van der Waals surface area contributed by atoms with Crippen LogP contribution in [0.4, 0.5) is 0 Å². The van der Waals surface area contributed by atoms with Crippen molar-refractivity contribution >= 4 is 0 Å². The summed E-state index contributed by atoms with van der Waals surface area (Å²) in [6, 6.07) is 6.56. The van der Waals surface area contributed by atoms with Crippen LogP contribution in [0.1, 0.15) is 50.2 Å². The van der Waals surface area contributed by atoms with Crippen LogP contribution in [0.2, 0.25) is 0 Å². The summed E-state index contributed by atoms with van der Waals surface area (Å²) < 4.78 is 5.36. The summed E-state index contributed by atoms with van der Waals surface area (Å²) in [6.45, 7) is 4.42. The number of ether oxygens (including phenoxy) is 1. The number of hydrogen-bond donors (Lipinski definition) is 1. The number of rotatable bonds is 5. The van der Waals surface area contributed by atoms with E-state index in [1.807, 2.05) is 0 Å². The fourth-order valence-corrected chi connectivity index (χ4v) is 2.09. The number of benzene rings is 1. The van der Waals surface area contributed by atoms with Gasteiger partial charge in [0.2, 0.25) is 0 Å². The summed E-state index contributed by atoms with van der Waals surface area (Å²) in [5.74, 6) is 1.50. The van der Waals surface area contributed by atoms with Gasteiger partial charge in [0, 0.05) is 5.54 Å². The fraction of sp³-hybridized carbons (Fsp3) is 0.600. The van der Waals surface area contributed by atoms with E-state index in [0.29, 0.717) is 5.92 Å². The summed E-state index contributed by atoms with van der Waals surface area (Å²) in [5.41, 5.74) is 8.97. The van der Waals surface area contributed by atoms with Crippen LogP contribution in [0.15, 0.2) is 18.2 Å². The highest BCUT2D eigenvalue weighted by Crippen LogP contribution is 2.37. The monoisotopic (exact) mass is 233 g/mol. The van der Waals surface area contributed by atoms with Crippen molar-refractivity contribution < 1.29 is 4.74 Å². The van der Waals surface area contributed by atoms with E-state index in [9.17, 15) is 0 Å². The highest BCUT2D eigenvalue weighted by molar-refractivity contribution is 5.36. The van der Waals surface area contributed by atoms with Crippen LogP contribution >= 0.6 is 0 Å². The topological polar surface area (TPSA) is 35.2 Å². The Morgan fingerprint density at radius 2 is 2.00 bits per heavy atom. The minimum absolute atomic E-state index is 0.140. The lowest BCUT2D eigenvalue weighted by atomic mass is 9.97. The fourth-order valence-electron chi connectivity index (χ4n) is 2.09. The van der Waals surface area contributed by atoms with Crippen LogP contribution in [0.3, 0.4) is 0 Å². The van der Waals surface area contributed by atoms with E-state index in [0.717, 1.165) is 18.6 Å². The molecule has 1 aromatic carbocycles. The molecule has 0 bridgehead atoms. The molecule has 1 aliphatic rings. The molecule has 0 aliphatic heterocycles. The molecule has 0 saturated heterocycles. The molecule has 0 aromatic heterocycles. The zero-order chi connectivity index (χ0) is 12.5. The first kappa shape index (κ1) is 12.4. The molecule has 0 heterocycles. The maximum absolute atomic E-state index is 6.13. The van der Waals surface area contributed by atoms with Gasteiger partial charge in [0.1, 0.15) is 5.75 Å².